The Morgan fingerprint density at radius 1 is 1.24 bits per heavy atom. The molecule has 1 aliphatic carbocycles. The van der Waals surface area contributed by atoms with Gasteiger partial charge >= 0.3 is 0 Å². The van der Waals surface area contributed by atoms with Gasteiger partial charge in [-0.3, -0.25) is 0 Å². The molecule has 3 atom stereocenters. The van der Waals surface area contributed by atoms with Crippen LogP contribution in [0.5, 0.6) is 0 Å². The zero-order chi connectivity index (χ0) is 12.8. The topological polar surface area (TPSA) is 29.3 Å². The van der Waals surface area contributed by atoms with E-state index in [1.807, 2.05) is 0 Å². The van der Waals surface area contributed by atoms with Gasteiger partial charge in [-0.1, -0.05) is 34.1 Å². The highest BCUT2D eigenvalue weighted by Crippen LogP contribution is 2.30. The number of rotatable bonds is 7. The lowest BCUT2D eigenvalue weighted by Crippen LogP contribution is -2.42. The molecule has 1 aliphatic rings. The minimum atomic E-state index is 0.751. The van der Waals surface area contributed by atoms with Crippen LogP contribution in [0.3, 0.4) is 0 Å². The van der Waals surface area contributed by atoms with E-state index < -0.39 is 0 Å². The minimum Gasteiger partial charge on any atom is -0.330 e. The van der Waals surface area contributed by atoms with E-state index in [9.17, 15) is 0 Å². The average molecular weight is 240 g/mol. The second kappa shape index (κ2) is 7.38. The SMILES string of the molecule is CCN(CC(C)CC(C)C)C1CCCC1CN. The van der Waals surface area contributed by atoms with Crippen LogP contribution >= 0.6 is 0 Å². The average Bonchev–Trinajstić information content (AvgIpc) is 2.72. The Bertz CT molecular complexity index is 203. The number of hydrogen-bond donors (Lipinski definition) is 1. The third kappa shape index (κ3) is 4.59. The van der Waals surface area contributed by atoms with Crippen molar-refractivity contribution in [2.24, 2.45) is 23.5 Å². The van der Waals surface area contributed by atoms with E-state index in [1.54, 1.807) is 0 Å². The Kier molecular flexibility index (Phi) is 6.50. The molecule has 1 saturated carbocycles. The highest BCUT2D eigenvalue weighted by atomic mass is 15.2. The van der Waals surface area contributed by atoms with Gasteiger partial charge in [0.25, 0.3) is 0 Å². The van der Waals surface area contributed by atoms with Crippen LogP contribution in [0, 0.1) is 17.8 Å². The van der Waals surface area contributed by atoms with Crippen molar-refractivity contribution in [3.8, 4) is 0 Å². The van der Waals surface area contributed by atoms with E-state index in [0.29, 0.717) is 0 Å². The lowest BCUT2D eigenvalue weighted by atomic mass is 9.96. The van der Waals surface area contributed by atoms with Crippen molar-refractivity contribution >= 4 is 0 Å². The van der Waals surface area contributed by atoms with E-state index in [-0.39, 0.29) is 0 Å². The summed E-state index contributed by atoms with van der Waals surface area (Å²) in [6.07, 6.45) is 5.43. The van der Waals surface area contributed by atoms with Crippen LogP contribution < -0.4 is 5.73 Å². The summed E-state index contributed by atoms with van der Waals surface area (Å²) in [6, 6.07) is 0.764. The normalized spacial score (nSPS) is 27.0. The van der Waals surface area contributed by atoms with E-state index in [4.69, 9.17) is 5.73 Å². The first-order chi connectivity index (χ1) is 8.08. The third-order valence-electron chi connectivity index (χ3n) is 4.22. The molecule has 3 unspecified atom stereocenters. The van der Waals surface area contributed by atoms with Gasteiger partial charge in [-0.05, 0) is 50.1 Å². The molecule has 0 aromatic rings. The fourth-order valence-electron chi connectivity index (χ4n) is 3.55. The third-order valence-corrected chi connectivity index (χ3v) is 4.22. The summed E-state index contributed by atoms with van der Waals surface area (Å²) in [6.45, 7) is 12.7. The lowest BCUT2D eigenvalue weighted by Gasteiger charge is -2.34. The second-order valence-corrected chi connectivity index (χ2v) is 6.32. The number of hydrogen-bond acceptors (Lipinski definition) is 2. The molecule has 0 heterocycles. The van der Waals surface area contributed by atoms with Gasteiger partial charge < -0.3 is 10.6 Å². The van der Waals surface area contributed by atoms with Crippen LogP contribution in [0.25, 0.3) is 0 Å². The van der Waals surface area contributed by atoms with Crippen LogP contribution in [0.15, 0.2) is 0 Å². The molecule has 1 rings (SSSR count). The molecular formula is C15H32N2. The largest absolute Gasteiger partial charge is 0.330 e. The zero-order valence-electron chi connectivity index (χ0n) is 12.3. The maximum atomic E-state index is 5.90. The van der Waals surface area contributed by atoms with Crippen LogP contribution in [0.2, 0.25) is 0 Å². The Hall–Kier alpha value is -0.0800. The van der Waals surface area contributed by atoms with Gasteiger partial charge in [0.05, 0.1) is 0 Å². The van der Waals surface area contributed by atoms with Crippen molar-refractivity contribution < 1.29 is 0 Å². The monoisotopic (exact) mass is 240 g/mol. The molecule has 0 amide bonds. The summed E-state index contributed by atoms with van der Waals surface area (Å²) in [5.41, 5.74) is 5.90. The predicted octanol–water partition coefficient (Wildman–Crippen LogP) is 3.12. The van der Waals surface area contributed by atoms with Gasteiger partial charge in [0.2, 0.25) is 0 Å². The van der Waals surface area contributed by atoms with Crippen molar-refractivity contribution in [2.45, 2.75) is 59.4 Å². The summed E-state index contributed by atoms with van der Waals surface area (Å²) in [7, 11) is 0. The highest BCUT2D eigenvalue weighted by Gasteiger charge is 2.30. The molecule has 0 bridgehead atoms. The Morgan fingerprint density at radius 3 is 2.47 bits per heavy atom. The lowest BCUT2D eigenvalue weighted by molar-refractivity contribution is 0.142. The second-order valence-electron chi connectivity index (χ2n) is 6.32. The Labute approximate surface area is 108 Å². The van der Waals surface area contributed by atoms with Gasteiger partial charge in [0.1, 0.15) is 0 Å². The molecule has 17 heavy (non-hydrogen) atoms. The first kappa shape index (κ1) is 15.0. The van der Waals surface area contributed by atoms with E-state index in [2.05, 4.69) is 32.6 Å². The molecule has 102 valence electrons. The molecule has 0 aromatic heterocycles. The van der Waals surface area contributed by atoms with Crippen LogP contribution in [-0.2, 0) is 0 Å². The minimum absolute atomic E-state index is 0.751. The predicted molar refractivity (Wildman–Crippen MR) is 76.0 cm³/mol. The molecule has 1 fully saturated rings. The van der Waals surface area contributed by atoms with Crippen molar-refractivity contribution in [1.29, 1.82) is 0 Å². The summed E-state index contributed by atoms with van der Waals surface area (Å²) >= 11 is 0. The van der Waals surface area contributed by atoms with Crippen molar-refractivity contribution in [1.82, 2.24) is 4.90 Å². The smallest absolute Gasteiger partial charge is 0.0135 e. The Balaban J connectivity index is 2.47. The maximum Gasteiger partial charge on any atom is 0.0135 e. The molecule has 2 heteroatoms. The van der Waals surface area contributed by atoms with Gasteiger partial charge in [-0.2, -0.15) is 0 Å². The molecule has 0 aromatic carbocycles. The van der Waals surface area contributed by atoms with Gasteiger partial charge in [0, 0.05) is 12.6 Å². The van der Waals surface area contributed by atoms with Gasteiger partial charge in [0.15, 0.2) is 0 Å². The summed E-state index contributed by atoms with van der Waals surface area (Å²) < 4.78 is 0. The summed E-state index contributed by atoms with van der Waals surface area (Å²) in [4.78, 5) is 2.69. The fourth-order valence-corrected chi connectivity index (χ4v) is 3.55. The zero-order valence-corrected chi connectivity index (χ0v) is 12.3. The molecule has 0 radical (unpaired) electrons. The first-order valence-corrected chi connectivity index (χ1v) is 7.52. The van der Waals surface area contributed by atoms with E-state index in [0.717, 1.165) is 30.3 Å². The van der Waals surface area contributed by atoms with E-state index in [1.165, 1.54) is 38.8 Å². The Morgan fingerprint density at radius 2 is 1.94 bits per heavy atom. The molecular weight excluding hydrogens is 208 g/mol. The number of nitrogens with zero attached hydrogens (tertiary/aromatic N) is 1. The van der Waals surface area contributed by atoms with Crippen LogP contribution in [-0.4, -0.2) is 30.6 Å². The molecule has 0 spiro atoms. The fraction of sp³-hybridized carbons (Fsp3) is 1.00. The standard InChI is InChI=1S/C15H32N2/c1-5-17(11-13(4)9-12(2)3)15-8-6-7-14(15)10-16/h12-15H,5-11,16H2,1-4H3. The van der Waals surface area contributed by atoms with Crippen molar-refractivity contribution in [3.05, 3.63) is 0 Å². The molecule has 2 N–H and O–H groups in total. The first-order valence-electron chi connectivity index (χ1n) is 7.52. The summed E-state index contributed by atoms with van der Waals surface area (Å²) in [5.74, 6) is 2.38. The maximum absolute atomic E-state index is 5.90. The van der Waals surface area contributed by atoms with Gasteiger partial charge in [-0.15, -0.1) is 0 Å². The molecule has 0 aliphatic heterocycles. The van der Waals surface area contributed by atoms with Crippen LogP contribution in [0.4, 0.5) is 0 Å². The number of nitrogens with two attached hydrogens (primary N) is 1. The van der Waals surface area contributed by atoms with Gasteiger partial charge in [-0.25, -0.2) is 0 Å². The van der Waals surface area contributed by atoms with Crippen molar-refractivity contribution in [2.75, 3.05) is 19.6 Å². The quantitative estimate of drug-likeness (QED) is 0.741. The highest BCUT2D eigenvalue weighted by molar-refractivity contribution is 4.86. The molecule has 0 saturated heterocycles. The summed E-state index contributed by atoms with van der Waals surface area (Å²) in [5, 5.41) is 0. The molecule has 2 nitrogen and oxygen atoms in total. The van der Waals surface area contributed by atoms with E-state index >= 15 is 0 Å². The van der Waals surface area contributed by atoms with Crippen molar-refractivity contribution in [3.63, 3.8) is 0 Å². The van der Waals surface area contributed by atoms with Crippen LogP contribution in [0.1, 0.15) is 53.4 Å².